The van der Waals surface area contributed by atoms with Crippen LogP contribution in [0.4, 0.5) is 0 Å². The van der Waals surface area contributed by atoms with Crippen LogP contribution in [0.5, 0.6) is 0 Å². The summed E-state index contributed by atoms with van der Waals surface area (Å²) in [6.07, 6.45) is 4.08. The monoisotopic (exact) mass is 220 g/mol. The van der Waals surface area contributed by atoms with Crippen molar-refractivity contribution in [1.29, 1.82) is 0 Å². The molecule has 0 radical (unpaired) electrons. The van der Waals surface area contributed by atoms with E-state index in [4.69, 9.17) is 5.11 Å². The maximum atomic E-state index is 11.0. The standard InChI is InChI=1S/C13H16O3/c14-12(15)11-6-2-1-5-10(11)9-13(16)7-3-4-8-13/h1-2,5-6,16H,3-4,7-9H2,(H,14,15). The Labute approximate surface area is 94.7 Å². The Hall–Kier alpha value is -1.35. The third-order valence-electron chi connectivity index (χ3n) is 3.30. The van der Waals surface area contributed by atoms with Crippen LogP contribution >= 0.6 is 0 Å². The molecule has 0 atom stereocenters. The molecule has 1 aliphatic rings. The number of hydrogen-bond acceptors (Lipinski definition) is 2. The van der Waals surface area contributed by atoms with Gasteiger partial charge in [-0.15, -0.1) is 0 Å². The van der Waals surface area contributed by atoms with E-state index in [-0.39, 0.29) is 0 Å². The first kappa shape index (κ1) is 11.1. The molecule has 1 aliphatic carbocycles. The number of aliphatic hydroxyl groups is 1. The van der Waals surface area contributed by atoms with Crippen molar-refractivity contribution < 1.29 is 15.0 Å². The fourth-order valence-corrected chi connectivity index (χ4v) is 2.45. The van der Waals surface area contributed by atoms with Gasteiger partial charge in [0.15, 0.2) is 0 Å². The number of rotatable bonds is 3. The van der Waals surface area contributed by atoms with Crippen LogP contribution in [-0.2, 0) is 6.42 Å². The lowest BCUT2D eigenvalue weighted by Gasteiger charge is -2.22. The summed E-state index contributed by atoms with van der Waals surface area (Å²) >= 11 is 0. The van der Waals surface area contributed by atoms with E-state index in [1.165, 1.54) is 0 Å². The SMILES string of the molecule is O=C(O)c1ccccc1CC1(O)CCCC1. The summed E-state index contributed by atoms with van der Waals surface area (Å²) in [6.45, 7) is 0. The molecular weight excluding hydrogens is 204 g/mol. The number of carboxylic acid groups (broad SMARTS) is 1. The van der Waals surface area contributed by atoms with E-state index in [1.54, 1.807) is 18.2 Å². The van der Waals surface area contributed by atoms with E-state index in [9.17, 15) is 9.90 Å². The lowest BCUT2D eigenvalue weighted by Crippen LogP contribution is -2.28. The molecule has 1 saturated carbocycles. The zero-order chi connectivity index (χ0) is 11.6. The normalized spacial score (nSPS) is 18.6. The number of carboxylic acids is 1. The molecule has 1 fully saturated rings. The largest absolute Gasteiger partial charge is 0.478 e. The molecule has 3 heteroatoms. The minimum absolute atomic E-state index is 0.308. The average molecular weight is 220 g/mol. The van der Waals surface area contributed by atoms with Crippen LogP contribution in [-0.4, -0.2) is 21.8 Å². The summed E-state index contributed by atoms with van der Waals surface area (Å²) in [7, 11) is 0. The molecule has 0 amide bonds. The van der Waals surface area contributed by atoms with E-state index in [0.29, 0.717) is 12.0 Å². The van der Waals surface area contributed by atoms with Crippen LogP contribution in [0.25, 0.3) is 0 Å². The van der Waals surface area contributed by atoms with Crippen molar-refractivity contribution in [2.24, 2.45) is 0 Å². The van der Waals surface area contributed by atoms with Gasteiger partial charge in [-0.1, -0.05) is 31.0 Å². The van der Waals surface area contributed by atoms with Crippen LogP contribution in [0.15, 0.2) is 24.3 Å². The topological polar surface area (TPSA) is 57.5 Å². The van der Waals surface area contributed by atoms with E-state index < -0.39 is 11.6 Å². The molecule has 16 heavy (non-hydrogen) atoms. The van der Waals surface area contributed by atoms with Crippen molar-refractivity contribution >= 4 is 5.97 Å². The minimum Gasteiger partial charge on any atom is -0.478 e. The molecule has 0 bridgehead atoms. The smallest absolute Gasteiger partial charge is 0.335 e. The number of benzene rings is 1. The van der Waals surface area contributed by atoms with Crippen molar-refractivity contribution in [2.45, 2.75) is 37.7 Å². The molecule has 0 unspecified atom stereocenters. The van der Waals surface area contributed by atoms with E-state index in [0.717, 1.165) is 31.2 Å². The Bertz CT molecular complexity index is 392. The Morgan fingerprint density at radius 2 is 1.88 bits per heavy atom. The molecule has 0 heterocycles. The fourth-order valence-electron chi connectivity index (χ4n) is 2.45. The maximum Gasteiger partial charge on any atom is 0.335 e. The van der Waals surface area contributed by atoms with Crippen molar-refractivity contribution in [3.63, 3.8) is 0 Å². The van der Waals surface area contributed by atoms with Crippen molar-refractivity contribution in [1.82, 2.24) is 0 Å². The second-order valence-corrected chi connectivity index (χ2v) is 4.57. The number of aromatic carboxylic acids is 1. The molecule has 1 aromatic carbocycles. The van der Waals surface area contributed by atoms with Gasteiger partial charge in [-0.2, -0.15) is 0 Å². The van der Waals surface area contributed by atoms with E-state index in [1.807, 2.05) is 6.07 Å². The van der Waals surface area contributed by atoms with Crippen LogP contribution in [0.1, 0.15) is 41.6 Å². The van der Waals surface area contributed by atoms with Gasteiger partial charge < -0.3 is 10.2 Å². The molecule has 0 saturated heterocycles. The summed E-state index contributed by atoms with van der Waals surface area (Å²) in [5, 5.41) is 19.3. The summed E-state index contributed by atoms with van der Waals surface area (Å²) in [6, 6.07) is 6.92. The van der Waals surface area contributed by atoms with E-state index >= 15 is 0 Å². The van der Waals surface area contributed by atoms with Gasteiger partial charge in [0, 0.05) is 6.42 Å². The molecule has 1 aromatic rings. The van der Waals surface area contributed by atoms with Gasteiger partial charge in [0.1, 0.15) is 0 Å². The summed E-state index contributed by atoms with van der Waals surface area (Å²) in [4.78, 5) is 11.0. The Balaban J connectivity index is 2.23. The summed E-state index contributed by atoms with van der Waals surface area (Å²) in [5.74, 6) is -0.919. The first-order valence-electron chi connectivity index (χ1n) is 5.64. The first-order valence-corrected chi connectivity index (χ1v) is 5.64. The number of hydrogen-bond donors (Lipinski definition) is 2. The van der Waals surface area contributed by atoms with Crippen LogP contribution in [0.2, 0.25) is 0 Å². The first-order chi connectivity index (χ1) is 7.61. The highest BCUT2D eigenvalue weighted by atomic mass is 16.4. The van der Waals surface area contributed by atoms with Gasteiger partial charge in [-0.25, -0.2) is 4.79 Å². The highest BCUT2D eigenvalue weighted by Crippen LogP contribution is 2.33. The van der Waals surface area contributed by atoms with E-state index in [2.05, 4.69) is 0 Å². The number of carbonyl (C=O) groups is 1. The lowest BCUT2D eigenvalue weighted by atomic mass is 9.90. The third-order valence-corrected chi connectivity index (χ3v) is 3.30. The van der Waals surface area contributed by atoms with Crippen LogP contribution in [0, 0.1) is 0 Å². The Morgan fingerprint density at radius 1 is 1.25 bits per heavy atom. The average Bonchev–Trinajstić information content (AvgIpc) is 2.65. The lowest BCUT2D eigenvalue weighted by molar-refractivity contribution is 0.0476. The zero-order valence-electron chi connectivity index (χ0n) is 9.15. The van der Waals surface area contributed by atoms with Crippen molar-refractivity contribution in [3.05, 3.63) is 35.4 Å². The Morgan fingerprint density at radius 3 is 2.50 bits per heavy atom. The summed E-state index contributed by atoms with van der Waals surface area (Å²) < 4.78 is 0. The Kier molecular flexibility index (Phi) is 2.97. The minimum atomic E-state index is -0.919. The van der Waals surface area contributed by atoms with Crippen molar-refractivity contribution in [2.75, 3.05) is 0 Å². The molecule has 0 aromatic heterocycles. The van der Waals surface area contributed by atoms with Gasteiger partial charge in [0.2, 0.25) is 0 Å². The molecule has 3 nitrogen and oxygen atoms in total. The third kappa shape index (κ3) is 2.25. The highest BCUT2D eigenvalue weighted by molar-refractivity contribution is 5.89. The highest BCUT2D eigenvalue weighted by Gasteiger charge is 2.32. The molecular formula is C13H16O3. The fraction of sp³-hybridized carbons (Fsp3) is 0.462. The summed E-state index contributed by atoms with van der Waals surface area (Å²) in [5.41, 5.74) is 0.355. The van der Waals surface area contributed by atoms with Gasteiger partial charge >= 0.3 is 5.97 Å². The maximum absolute atomic E-state index is 11.0. The molecule has 0 aliphatic heterocycles. The quantitative estimate of drug-likeness (QED) is 0.821. The van der Waals surface area contributed by atoms with Gasteiger partial charge in [-0.05, 0) is 24.5 Å². The van der Waals surface area contributed by atoms with Gasteiger partial charge in [0.05, 0.1) is 11.2 Å². The predicted molar refractivity (Wildman–Crippen MR) is 60.5 cm³/mol. The van der Waals surface area contributed by atoms with Crippen LogP contribution < -0.4 is 0 Å². The molecule has 86 valence electrons. The molecule has 0 spiro atoms. The van der Waals surface area contributed by atoms with Gasteiger partial charge in [0.25, 0.3) is 0 Å². The second-order valence-electron chi connectivity index (χ2n) is 4.57. The molecule has 2 N–H and O–H groups in total. The predicted octanol–water partition coefficient (Wildman–Crippen LogP) is 2.23. The molecule has 2 rings (SSSR count). The van der Waals surface area contributed by atoms with Crippen molar-refractivity contribution in [3.8, 4) is 0 Å². The second kappa shape index (κ2) is 4.26. The zero-order valence-corrected chi connectivity index (χ0v) is 9.15. The van der Waals surface area contributed by atoms with Crippen LogP contribution in [0.3, 0.4) is 0 Å². The van der Waals surface area contributed by atoms with Gasteiger partial charge in [-0.3, -0.25) is 0 Å².